The van der Waals surface area contributed by atoms with E-state index in [4.69, 9.17) is 0 Å². The molecule has 314 valence electrons. The Bertz CT molecular complexity index is 1430. The fourth-order valence-electron chi connectivity index (χ4n) is 6.13. The third-order valence-corrected chi connectivity index (χ3v) is 10.7. The van der Waals surface area contributed by atoms with Crippen molar-refractivity contribution >= 4 is 0 Å². The molecule has 5 rings (SSSR count). The zero-order valence-corrected chi connectivity index (χ0v) is 39.0. The second-order valence-electron chi connectivity index (χ2n) is 17.7. The summed E-state index contributed by atoms with van der Waals surface area (Å²) < 4.78 is 25.2. The smallest absolute Gasteiger partial charge is 0.202 e. The topological polar surface area (TPSA) is 0 Å². The van der Waals surface area contributed by atoms with Crippen LogP contribution in [0.2, 0.25) is 0 Å². The lowest BCUT2D eigenvalue weighted by molar-refractivity contribution is 0.0174. The molecule has 4 aromatic carbocycles. The van der Waals surface area contributed by atoms with Gasteiger partial charge in [-0.05, 0) is 84.1 Å². The van der Waals surface area contributed by atoms with Gasteiger partial charge in [-0.15, -0.1) is 0 Å². The van der Waals surface area contributed by atoms with Crippen molar-refractivity contribution in [2.24, 2.45) is 11.8 Å². The van der Waals surface area contributed by atoms with Crippen LogP contribution in [0.3, 0.4) is 0 Å². The van der Waals surface area contributed by atoms with E-state index in [0.717, 1.165) is 30.7 Å². The number of alkyl halides is 2. The van der Waals surface area contributed by atoms with Gasteiger partial charge in [0.2, 0.25) is 0 Å². The van der Waals surface area contributed by atoms with E-state index < -0.39 is 5.92 Å². The second kappa shape index (κ2) is 28.2. The van der Waals surface area contributed by atoms with Crippen LogP contribution in [0, 0.1) is 32.6 Å². The molecule has 0 saturated heterocycles. The fourth-order valence-corrected chi connectivity index (χ4v) is 6.13. The summed E-state index contributed by atoms with van der Waals surface area (Å²) >= 11 is 0. The minimum absolute atomic E-state index is 0.0723. The van der Waals surface area contributed by atoms with Crippen LogP contribution in [-0.4, -0.2) is 0 Å². The van der Waals surface area contributed by atoms with Crippen LogP contribution < -0.4 is 0 Å². The lowest BCUT2D eigenvalue weighted by Crippen LogP contribution is -2.10. The molecule has 0 aliphatic heterocycles. The fraction of sp³-hybridized carbons (Fsp3) is 0.556. The maximum atomic E-state index is 12.6. The summed E-state index contributed by atoms with van der Waals surface area (Å²) in [6, 6.07) is 32.1. The highest BCUT2D eigenvalue weighted by Gasteiger charge is 2.23. The van der Waals surface area contributed by atoms with Crippen LogP contribution >= 0.6 is 0 Å². The first kappa shape index (κ1) is 52.7. The van der Waals surface area contributed by atoms with E-state index in [1.54, 1.807) is 12.1 Å². The van der Waals surface area contributed by atoms with Gasteiger partial charge >= 0.3 is 0 Å². The maximum Gasteiger partial charge on any atom is 0.270 e. The molecule has 1 aliphatic rings. The number of hydrogen-bond acceptors (Lipinski definition) is 0. The van der Waals surface area contributed by atoms with Crippen LogP contribution in [-0.2, 0) is 17.8 Å². The highest BCUT2D eigenvalue weighted by atomic mass is 19.3. The molecule has 1 fully saturated rings. The van der Waals surface area contributed by atoms with Crippen LogP contribution in [0.15, 0.2) is 97.1 Å². The minimum atomic E-state index is -2.71. The Morgan fingerprint density at radius 1 is 0.554 bits per heavy atom. The summed E-state index contributed by atoms with van der Waals surface area (Å²) in [6.07, 6.45) is 11.2. The van der Waals surface area contributed by atoms with Crippen molar-refractivity contribution in [1.29, 1.82) is 0 Å². The van der Waals surface area contributed by atoms with Crippen molar-refractivity contribution in [3.8, 4) is 0 Å². The number of rotatable bonds is 6. The summed E-state index contributed by atoms with van der Waals surface area (Å²) in [5.41, 5.74) is 9.97. The largest absolute Gasteiger partial charge is 0.270 e. The Morgan fingerprint density at radius 2 is 0.964 bits per heavy atom. The normalized spacial score (nSPS) is 12.7. The van der Waals surface area contributed by atoms with Gasteiger partial charge in [0, 0.05) is 12.5 Å². The van der Waals surface area contributed by atoms with Gasteiger partial charge in [0.1, 0.15) is 0 Å². The molecule has 0 radical (unpaired) electrons. The molecule has 0 nitrogen and oxygen atoms in total. The van der Waals surface area contributed by atoms with Gasteiger partial charge in [-0.2, -0.15) is 0 Å². The van der Waals surface area contributed by atoms with Crippen LogP contribution in [0.4, 0.5) is 8.78 Å². The quantitative estimate of drug-likeness (QED) is 0.183. The van der Waals surface area contributed by atoms with Crippen molar-refractivity contribution in [3.05, 3.63) is 142 Å². The van der Waals surface area contributed by atoms with Gasteiger partial charge in [-0.1, -0.05) is 236 Å². The standard InChI is InChI=1S/C13H20.C11H16.C9H10F2.C8H10.C7H14.C6H14/c1-9(2)12-7-6-8-13(10(3)4)11(12)5;1-9-5-7-10(8-6-9)11(2,3)4;1-7-3-5-8(6-4-7)9(2,10)11;1-2-8-6-4-3-5-7-8;1-7-5-3-2-4-6-7;1-4-6(3)5-2/h6-10H,1-5H3;5-8H,1-4H3;3-6H,1-2H3;3-7H,2H2,1H3;7H,2-6H2,1H3;6H,4-5H2,1-3H3. The molecule has 0 amide bonds. The van der Waals surface area contributed by atoms with E-state index in [1.807, 2.05) is 13.0 Å². The number of hydrogen-bond donors (Lipinski definition) is 0. The highest BCUT2D eigenvalue weighted by molar-refractivity contribution is 5.37. The molecule has 0 aromatic heterocycles. The summed E-state index contributed by atoms with van der Waals surface area (Å²) in [6.45, 7) is 34.1. The first-order valence-corrected chi connectivity index (χ1v) is 21.8. The average Bonchev–Trinajstić information content (AvgIpc) is 3.16. The van der Waals surface area contributed by atoms with E-state index >= 15 is 0 Å². The van der Waals surface area contributed by atoms with Crippen molar-refractivity contribution in [2.75, 3.05) is 0 Å². The minimum Gasteiger partial charge on any atom is -0.202 e. The molecule has 0 unspecified atom stereocenters. The van der Waals surface area contributed by atoms with Gasteiger partial charge in [0.25, 0.3) is 5.92 Å². The third-order valence-electron chi connectivity index (χ3n) is 10.7. The molecule has 0 bridgehead atoms. The Morgan fingerprint density at radius 3 is 1.23 bits per heavy atom. The molecule has 0 N–H and O–H groups in total. The Balaban J connectivity index is 0.000000660. The predicted octanol–water partition coefficient (Wildman–Crippen LogP) is 17.9. The lowest BCUT2D eigenvalue weighted by Gasteiger charge is -2.18. The molecule has 1 aliphatic carbocycles. The maximum absolute atomic E-state index is 12.6. The molecule has 0 heterocycles. The number of halogens is 2. The van der Waals surface area contributed by atoms with Crippen LogP contribution in [0.1, 0.15) is 191 Å². The zero-order chi connectivity index (χ0) is 42.9. The summed E-state index contributed by atoms with van der Waals surface area (Å²) in [4.78, 5) is 0. The first-order valence-electron chi connectivity index (χ1n) is 21.8. The first-order chi connectivity index (χ1) is 26.2. The van der Waals surface area contributed by atoms with E-state index in [2.05, 4.69) is 164 Å². The molecule has 4 aromatic rings. The van der Waals surface area contributed by atoms with E-state index in [0.29, 0.717) is 11.8 Å². The molecule has 56 heavy (non-hydrogen) atoms. The van der Waals surface area contributed by atoms with Crippen molar-refractivity contribution in [1.82, 2.24) is 0 Å². The molecule has 2 heteroatoms. The molecule has 0 atom stereocenters. The summed E-state index contributed by atoms with van der Waals surface area (Å²) in [5, 5.41) is 0. The van der Waals surface area contributed by atoms with Crippen molar-refractivity contribution < 1.29 is 8.78 Å². The molecule has 0 spiro atoms. The summed E-state index contributed by atoms with van der Waals surface area (Å²) in [7, 11) is 0. The van der Waals surface area contributed by atoms with Crippen LogP contribution in [0.25, 0.3) is 0 Å². The Hall–Kier alpha value is -3.26. The van der Waals surface area contributed by atoms with E-state index in [-0.39, 0.29) is 11.0 Å². The monoisotopic (exact) mass is 771 g/mol. The van der Waals surface area contributed by atoms with Gasteiger partial charge < -0.3 is 0 Å². The van der Waals surface area contributed by atoms with Crippen LogP contribution in [0.5, 0.6) is 0 Å². The van der Waals surface area contributed by atoms with Gasteiger partial charge in [0.05, 0.1) is 0 Å². The summed E-state index contributed by atoms with van der Waals surface area (Å²) in [5.74, 6) is 0.532. The molecular formula is C54H84F2. The Labute approximate surface area is 346 Å². The molecular weight excluding hydrogens is 687 g/mol. The van der Waals surface area contributed by atoms with E-state index in [9.17, 15) is 8.78 Å². The zero-order valence-electron chi connectivity index (χ0n) is 39.0. The average molecular weight is 771 g/mol. The highest BCUT2D eigenvalue weighted by Crippen LogP contribution is 2.28. The number of benzene rings is 4. The van der Waals surface area contributed by atoms with Gasteiger partial charge in [-0.25, -0.2) is 8.78 Å². The van der Waals surface area contributed by atoms with E-state index in [1.165, 1.54) is 90.5 Å². The molecule has 1 saturated carbocycles. The van der Waals surface area contributed by atoms with Gasteiger partial charge in [-0.3, -0.25) is 0 Å². The van der Waals surface area contributed by atoms with Crippen molar-refractivity contribution in [2.45, 2.75) is 185 Å². The third kappa shape index (κ3) is 23.7. The lowest BCUT2D eigenvalue weighted by atomic mass is 9.87. The SMILES string of the molecule is CC1CCCCC1.CCC(C)CC.CCc1ccccc1.Cc1c(C(C)C)cccc1C(C)C.Cc1ccc(C(C)(C)C)cc1.Cc1ccc(C(C)(F)F)cc1. The Kier molecular flexibility index (Phi) is 26.5. The second-order valence-corrected chi connectivity index (χ2v) is 17.7. The number of aryl methyl sites for hydroxylation is 3. The van der Waals surface area contributed by atoms with Crippen molar-refractivity contribution in [3.63, 3.8) is 0 Å². The van der Waals surface area contributed by atoms with Gasteiger partial charge in [0.15, 0.2) is 0 Å². The predicted molar refractivity (Wildman–Crippen MR) is 248 cm³/mol.